The van der Waals surface area contributed by atoms with E-state index in [0.717, 1.165) is 42.1 Å². The van der Waals surface area contributed by atoms with Gasteiger partial charge in [0, 0.05) is 5.56 Å². The monoisotopic (exact) mass is 244 g/mol. The summed E-state index contributed by atoms with van der Waals surface area (Å²) in [7, 11) is 0. The quantitative estimate of drug-likeness (QED) is 0.883. The normalized spacial score (nSPS) is 15.9. The zero-order valence-electron chi connectivity index (χ0n) is 10.3. The highest BCUT2D eigenvalue weighted by atomic mass is 16.5. The molecule has 1 unspecified atom stereocenters. The van der Waals surface area contributed by atoms with Crippen LogP contribution in [0.2, 0.25) is 0 Å². The van der Waals surface area contributed by atoms with Crippen molar-refractivity contribution in [3.63, 3.8) is 0 Å². The molecule has 3 heteroatoms. The second-order valence-electron chi connectivity index (χ2n) is 4.71. The van der Waals surface area contributed by atoms with E-state index < -0.39 is 6.10 Å². The van der Waals surface area contributed by atoms with Crippen molar-refractivity contribution in [3.05, 3.63) is 53.0 Å². The molecule has 94 valence electrons. The van der Waals surface area contributed by atoms with Crippen molar-refractivity contribution in [1.82, 2.24) is 0 Å². The van der Waals surface area contributed by atoms with Crippen LogP contribution >= 0.6 is 0 Å². The van der Waals surface area contributed by atoms with Gasteiger partial charge >= 0.3 is 0 Å². The molecule has 0 spiro atoms. The largest absolute Gasteiger partial charge is 0.493 e. The second-order valence-corrected chi connectivity index (χ2v) is 4.71. The number of benzene rings is 1. The lowest BCUT2D eigenvalue weighted by Crippen LogP contribution is -2.09. The average Bonchev–Trinajstić information content (AvgIpc) is 2.84. The van der Waals surface area contributed by atoms with Crippen LogP contribution in [0.3, 0.4) is 0 Å². The highest BCUT2D eigenvalue weighted by Gasteiger charge is 2.16. The Morgan fingerprint density at radius 3 is 2.89 bits per heavy atom. The minimum Gasteiger partial charge on any atom is -0.493 e. The summed E-state index contributed by atoms with van der Waals surface area (Å²) in [6, 6.07) is 7.75. The van der Waals surface area contributed by atoms with E-state index in [1.807, 2.05) is 31.2 Å². The van der Waals surface area contributed by atoms with Crippen LogP contribution < -0.4 is 4.74 Å². The van der Waals surface area contributed by atoms with Gasteiger partial charge in [0.05, 0.1) is 12.9 Å². The molecule has 1 aliphatic heterocycles. The summed E-state index contributed by atoms with van der Waals surface area (Å²) in [6.45, 7) is 2.66. The standard InChI is InChI=1S/C15H16O3/c1-10-7-13(9-18-10)15(16)12-4-5-14-11(8-12)3-2-6-17-14/h4-5,7-9,15-16H,2-3,6H2,1H3. The highest BCUT2D eigenvalue weighted by Crippen LogP contribution is 2.30. The van der Waals surface area contributed by atoms with Crippen LogP contribution in [-0.4, -0.2) is 11.7 Å². The topological polar surface area (TPSA) is 42.6 Å². The molecule has 2 heterocycles. The van der Waals surface area contributed by atoms with Gasteiger partial charge in [0.1, 0.15) is 17.6 Å². The van der Waals surface area contributed by atoms with Gasteiger partial charge in [0.25, 0.3) is 0 Å². The summed E-state index contributed by atoms with van der Waals surface area (Å²) in [5.74, 6) is 1.76. The maximum absolute atomic E-state index is 10.3. The summed E-state index contributed by atoms with van der Waals surface area (Å²) in [4.78, 5) is 0. The highest BCUT2D eigenvalue weighted by molar-refractivity contribution is 5.41. The van der Waals surface area contributed by atoms with Crippen molar-refractivity contribution in [2.75, 3.05) is 6.61 Å². The lowest BCUT2D eigenvalue weighted by molar-refractivity contribution is 0.218. The van der Waals surface area contributed by atoms with Crippen LogP contribution in [0.4, 0.5) is 0 Å². The van der Waals surface area contributed by atoms with E-state index in [2.05, 4.69) is 0 Å². The third kappa shape index (κ3) is 2.02. The van der Waals surface area contributed by atoms with Crippen molar-refractivity contribution < 1.29 is 14.3 Å². The molecule has 1 aliphatic rings. The predicted octanol–water partition coefficient (Wildman–Crippen LogP) is 2.99. The van der Waals surface area contributed by atoms with Gasteiger partial charge in [-0.1, -0.05) is 6.07 Å². The molecule has 0 fully saturated rings. The van der Waals surface area contributed by atoms with Gasteiger partial charge < -0.3 is 14.3 Å². The molecule has 1 aromatic heterocycles. The number of ether oxygens (including phenoxy) is 1. The SMILES string of the molecule is Cc1cc(C(O)c2ccc3c(c2)CCCO3)co1. The fourth-order valence-electron chi connectivity index (χ4n) is 2.35. The van der Waals surface area contributed by atoms with E-state index in [1.54, 1.807) is 6.26 Å². The van der Waals surface area contributed by atoms with Gasteiger partial charge in [-0.25, -0.2) is 0 Å². The first kappa shape index (κ1) is 11.4. The Balaban J connectivity index is 1.92. The van der Waals surface area contributed by atoms with Crippen LogP contribution in [0.15, 0.2) is 34.9 Å². The number of hydrogen-bond donors (Lipinski definition) is 1. The first-order valence-corrected chi connectivity index (χ1v) is 6.23. The van der Waals surface area contributed by atoms with Crippen molar-refractivity contribution >= 4 is 0 Å². The van der Waals surface area contributed by atoms with Crippen molar-refractivity contribution in [2.45, 2.75) is 25.9 Å². The molecule has 18 heavy (non-hydrogen) atoms. The Bertz CT molecular complexity index is 557. The van der Waals surface area contributed by atoms with Crippen LogP contribution in [-0.2, 0) is 6.42 Å². The summed E-state index contributed by atoms with van der Waals surface area (Å²) < 4.78 is 10.8. The number of aliphatic hydroxyl groups is 1. The fourth-order valence-corrected chi connectivity index (χ4v) is 2.35. The van der Waals surface area contributed by atoms with Gasteiger partial charge in [-0.15, -0.1) is 0 Å². The van der Waals surface area contributed by atoms with E-state index in [-0.39, 0.29) is 0 Å². The van der Waals surface area contributed by atoms with Gasteiger partial charge in [-0.3, -0.25) is 0 Å². The zero-order chi connectivity index (χ0) is 12.5. The number of furan rings is 1. The Morgan fingerprint density at radius 2 is 2.11 bits per heavy atom. The van der Waals surface area contributed by atoms with Gasteiger partial charge in [-0.05, 0) is 49.1 Å². The van der Waals surface area contributed by atoms with Crippen LogP contribution in [0.5, 0.6) is 5.75 Å². The Morgan fingerprint density at radius 1 is 1.22 bits per heavy atom. The molecule has 0 aliphatic carbocycles. The predicted molar refractivity (Wildman–Crippen MR) is 67.8 cm³/mol. The molecule has 3 nitrogen and oxygen atoms in total. The smallest absolute Gasteiger partial charge is 0.122 e. The Labute approximate surface area is 106 Å². The lowest BCUT2D eigenvalue weighted by atomic mass is 9.98. The molecular weight excluding hydrogens is 228 g/mol. The van der Waals surface area contributed by atoms with Crippen LogP contribution in [0.25, 0.3) is 0 Å². The molecule has 0 amide bonds. The molecule has 0 saturated heterocycles. The van der Waals surface area contributed by atoms with Crippen LogP contribution in [0, 0.1) is 6.92 Å². The fraction of sp³-hybridized carbons (Fsp3) is 0.333. The molecule has 3 rings (SSSR count). The number of rotatable bonds is 2. The lowest BCUT2D eigenvalue weighted by Gasteiger charge is -2.19. The number of fused-ring (bicyclic) bond motifs is 1. The third-order valence-corrected chi connectivity index (χ3v) is 3.31. The van der Waals surface area contributed by atoms with Gasteiger partial charge in [-0.2, -0.15) is 0 Å². The Kier molecular flexibility index (Phi) is 2.84. The molecule has 0 bridgehead atoms. The van der Waals surface area contributed by atoms with E-state index in [9.17, 15) is 5.11 Å². The molecule has 2 aromatic rings. The van der Waals surface area contributed by atoms with E-state index in [1.165, 1.54) is 5.56 Å². The third-order valence-electron chi connectivity index (χ3n) is 3.31. The average molecular weight is 244 g/mol. The minimum absolute atomic E-state index is 0.630. The minimum atomic E-state index is -0.630. The molecular formula is C15H16O3. The first-order valence-electron chi connectivity index (χ1n) is 6.23. The Hall–Kier alpha value is -1.74. The molecule has 1 N–H and O–H groups in total. The maximum Gasteiger partial charge on any atom is 0.122 e. The summed E-state index contributed by atoms with van der Waals surface area (Å²) in [6.07, 6.45) is 3.03. The second kappa shape index (κ2) is 4.50. The molecule has 0 saturated carbocycles. The summed E-state index contributed by atoms with van der Waals surface area (Å²) in [5.41, 5.74) is 2.86. The molecule has 0 radical (unpaired) electrons. The van der Waals surface area contributed by atoms with E-state index in [4.69, 9.17) is 9.15 Å². The van der Waals surface area contributed by atoms with Crippen molar-refractivity contribution in [2.24, 2.45) is 0 Å². The van der Waals surface area contributed by atoms with E-state index >= 15 is 0 Å². The van der Waals surface area contributed by atoms with Gasteiger partial charge in [0.2, 0.25) is 0 Å². The van der Waals surface area contributed by atoms with Crippen molar-refractivity contribution in [1.29, 1.82) is 0 Å². The summed E-state index contributed by atoms with van der Waals surface area (Å²) >= 11 is 0. The first-order chi connectivity index (χ1) is 8.74. The maximum atomic E-state index is 10.3. The van der Waals surface area contributed by atoms with E-state index in [0.29, 0.717) is 0 Å². The van der Waals surface area contributed by atoms with Crippen LogP contribution in [0.1, 0.15) is 35.0 Å². The zero-order valence-corrected chi connectivity index (χ0v) is 10.3. The number of aliphatic hydroxyl groups excluding tert-OH is 1. The number of aryl methyl sites for hydroxylation is 2. The number of hydrogen-bond acceptors (Lipinski definition) is 3. The van der Waals surface area contributed by atoms with Crippen molar-refractivity contribution in [3.8, 4) is 5.75 Å². The summed E-state index contributed by atoms with van der Waals surface area (Å²) in [5, 5.41) is 10.3. The molecule has 1 aromatic carbocycles. The molecule has 1 atom stereocenters. The van der Waals surface area contributed by atoms with Gasteiger partial charge in [0.15, 0.2) is 0 Å².